The molecule has 5 rings (SSSR count). The maximum Gasteiger partial charge on any atom is 0.157 e. The summed E-state index contributed by atoms with van der Waals surface area (Å²) in [6.45, 7) is 4.92. The molecule has 0 spiro atoms. The smallest absolute Gasteiger partial charge is 0.157 e. The summed E-state index contributed by atoms with van der Waals surface area (Å²) in [5.41, 5.74) is 9.14. The molecule has 0 aliphatic carbocycles. The van der Waals surface area contributed by atoms with Crippen molar-refractivity contribution in [1.29, 1.82) is 5.26 Å². The molecule has 3 aromatic carbocycles. The van der Waals surface area contributed by atoms with Gasteiger partial charge in [-0.1, -0.05) is 72.3 Å². The minimum absolute atomic E-state index is 0.644. The molecule has 162 valence electrons. The van der Waals surface area contributed by atoms with Gasteiger partial charge in [0.15, 0.2) is 5.65 Å². The van der Waals surface area contributed by atoms with E-state index in [4.69, 9.17) is 4.98 Å². The van der Waals surface area contributed by atoms with Crippen molar-refractivity contribution in [1.82, 2.24) is 9.38 Å². The van der Waals surface area contributed by atoms with Crippen molar-refractivity contribution in [3.05, 3.63) is 112 Å². The lowest BCUT2D eigenvalue weighted by atomic mass is 9.97. The Labute approximate surface area is 194 Å². The summed E-state index contributed by atoms with van der Waals surface area (Å²) in [4.78, 5) is 7.16. The number of hydrogen-bond acceptors (Lipinski definition) is 3. The third-order valence-electron chi connectivity index (χ3n) is 6.33. The molecule has 2 aromatic heterocycles. The minimum atomic E-state index is 0.644. The van der Waals surface area contributed by atoms with E-state index in [1.54, 1.807) is 0 Å². The Kier molecular flexibility index (Phi) is 5.32. The second-order valence-corrected chi connectivity index (χ2v) is 8.68. The molecule has 0 fully saturated rings. The molecule has 0 saturated heterocycles. The van der Waals surface area contributed by atoms with Gasteiger partial charge in [-0.05, 0) is 42.7 Å². The van der Waals surface area contributed by atoms with Crippen LogP contribution in [0.25, 0.3) is 16.7 Å². The SMILES string of the molecule is Cc1ccc(Cc2c(C)c(C#N)c3nc4ccccc4n3c2N(C)Cc2ccccc2)cc1. The minimum Gasteiger partial charge on any atom is -0.356 e. The number of rotatable bonds is 5. The average molecular weight is 431 g/mol. The second-order valence-electron chi connectivity index (χ2n) is 8.68. The fourth-order valence-corrected chi connectivity index (χ4v) is 4.62. The van der Waals surface area contributed by atoms with Crippen molar-refractivity contribution >= 4 is 22.5 Å². The van der Waals surface area contributed by atoms with Gasteiger partial charge in [-0.2, -0.15) is 5.26 Å². The van der Waals surface area contributed by atoms with Crippen molar-refractivity contribution < 1.29 is 0 Å². The molecule has 0 aliphatic rings. The van der Waals surface area contributed by atoms with Crippen LogP contribution in [0.5, 0.6) is 0 Å². The third kappa shape index (κ3) is 3.72. The molecule has 0 aliphatic heterocycles. The van der Waals surface area contributed by atoms with Crippen LogP contribution in [0.1, 0.15) is 33.4 Å². The van der Waals surface area contributed by atoms with Gasteiger partial charge in [0, 0.05) is 25.6 Å². The molecule has 0 bridgehead atoms. The van der Waals surface area contributed by atoms with E-state index in [0.717, 1.165) is 46.6 Å². The number of nitrogens with zero attached hydrogens (tertiary/aromatic N) is 4. The van der Waals surface area contributed by atoms with Crippen molar-refractivity contribution in [3.8, 4) is 6.07 Å². The number of aryl methyl sites for hydroxylation is 1. The second kappa shape index (κ2) is 8.44. The highest BCUT2D eigenvalue weighted by Crippen LogP contribution is 2.34. The first-order valence-corrected chi connectivity index (χ1v) is 11.2. The van der Waals surface area contributed by atoms with Crippen LogP contribution in [0.3, 0.4) is 0 Å². The number of anilines is 1. The van der Waals surface area contributed by atoms with E-state index in [1.807, 2.05) is 24.3 Å². The number of hydrogen-bond donors (Lipinski definition) is 0. The van der Waals surface area contributed by atoms with Crippen LogP contribution in [0.2, 0.25) is 0 Å². The molecule has 0 amide bonds. The van der Waals surface area contributed by atoms with Gasteiger partial charge in [0.05, 0.1) is 16.6 Å². The highest BCUT2D eigenvalue weighted by molar-refractivity contribution is 5.86. The van der Waals surface area contributed by atoms with Crippen LogP contribution < -0.4 is 4.90 Å². The molecule has 0 saturated carbocycles. The Bertz CT molecular complexity index is 1490. The summed E-state index contributed by atoms with van der Waals surface area (Å²) in [7, 11) is 2.13. The largest absolute Gasteiger partial charge is 0.356 e. The Hall–Kier alpha value is -4.10. The number of fused-ring (bicyclic) bond motifs is 3. The molecule has 2 heterocycles. The van der Waals surface area contributed by atoms with Gasteiger partial charge in [-0.3, -0.25) is 4.40 Å². The maximum absolute atomic E-state index is 10.1. The van der Waals surface area contributed by atoms with Crippen molar-refractivity contribution in [2.45, 2.75) is 26.8 Å². The quantitative estimate of drug-likeness (QED) is 0.333. The predicted octanol–water partition coefficient (Wildman–Crippen LogP) is 6.20. The van der Waals surface area contributed by atoms with E-state index < -0.39 is 0 Å². The molecular formula is C29H26N4. The summed E-state index contributed by atoms with van der Waals surface area (Å²) in [5, 5.41) is 10.1. The lowest BCUT2D eigenvalue weighted by Gasteiger charge is -2.26. The first kappa shape index (κ1) is 20.8. The zero-order valence-electron chi connectivity index (χ0n) is 19.2. The van der Waals surface area contributed by atoms with Crippen LogP contribution in [0, 0.1) is 25.2 Å². The van der Waals surface area contributed by atoms with E-state index in [2.05, 4.69) is 90.9 Å². The van der Waals surface area contributed by atoms with Gasteiger partial charge in [-0.25, -0.2) is 4.98 Å². The zero-order chi connectivity index (χ0) is 22.9. The van der Waals surface area contributed by atoms with E-state index >= 15 is 0 Å². The standard InChI is InChI=1S/C29H26N4/c1-20-13-15-22(16-14-20)17-24-21(2)25(18-30)28-31-26-11-7-8-12-27(26)33(28)29(24)32(3)19-23-9-5-4-6-10-23/h4-16H,17,19H2,1-3H3. The Morgan fingerprint density at radius 3 is 2.30 bits per heavy atom. The third-order valence-corrected chi connectivity index (χ3v) is 6.33. The molecule has 0 unspecified atom stereocenters. The molecule has 0 radical (unpaired) electrons. The van der Waals surface area contributed by atoms with Crippen LogP contribution in [-0.2, 0) is 13.0 Å². The Morgan fingerprint density at radius 1 is 0.879 bits per heavy atom. The topological polar surface area (TPSA) is 44.3 Å². The molecule has 5 aromatic rings. The fourth-order valence-electron chi connectivity index (χ4n) is 4.62. The lowest BCUT2D eigenvalue weighted by Crippen LogP contribution is -2.22. The number of pyridine rings is 1. The van der Waals surface area contributed by atoms with Crippen LogP contribution in [-0.4, -0.2) is 16.4 Å². The van der Waals surface area contributed by atoms with E-state index in [0.29, 0.717) is 5.56 Å². The predicted molar refractivity (Wildman–Crippen MR) is 135 cm³/mol. The monoisotopic (exact) mass is 430 g/mol. The Balaban J connectivity index is 1.79. The number of aromatic nitrogens is 2. The molecule has 0 atom stereocenters. The summed E-state index contributed by atoms with van der Waals surface area (Å²) in [5.74, 6) is 1.08. The van der Waals surface area contributed by atoms with Gasteiger partial charge in [-0.15, -0.1) is 0 Å². The maximum atomic E-state index is 10.1. The molecular weight excluding hydrogens is 404 g/mol. The highest BCUT2D eigenvalue weighted by atomic mass is 15.2. The average Bonchev–Trinajstić information content (AvgIpc) is 3.20. The van der Waals surface area contributed by atoms with Crippen molar-refractivity contribution in [3.63, 3.8) is 0 Å². The molecule has 33 heavy (non-hydrogen) atoms. The summed E-state index contributed by atoms with van der Waals surface area (Å²) >= 11 is 0. The van der Waals surface area contributed by atoms with Gasteiger partial charge < -0.3 is 4.90 Å². The van der Waals surface area contributed by atoms with E-state index in [1.165, 1.54) is 16.7 Å². The van der Waals surface area contributed by atoms with Gasteiger partial charge >= 0.3 is 0 Å². The Morgan fingerprint density at radius 2 is 1.58 bits per heavy atom. The zero-order valence-corrected chi connectivity index (χ0v) is 19.2. The first-order valence-electron chi connectivity index (χ1n) is 11.2. The number of para-hydroxylation sites is 2. The molecule has 0 N–H and O–H groups in total. The van der Waals surface area contributed by atoms with Crippen LogP contribution >= 0.6 is 0 Å². The summed E-state index contributed by atoms with van der Waals surface area (Å²) in [6.07, 6.45) is 0.748. The molecule has 4 heteroatoms. The van der Waals surface area contributed by atoms with Crippen molar-refractivity contribution in [2.24, 2.45) is 0 Å². The number of nitriles is 1. The van der Waals surface area contributed by atoms with Crippen LogP contribution in [0.15, 0.2) is 78.9 Å². The lowest BCUT2D eigenvalue weighted by molar-refractivity contribution is 0.870. The van der Waals surface area contributed by atoms with Gasteiger partial charge in [0.1, 0.15) is 11.9 Å². The van der Waals surface area contributed by atoms with Crippen LogP contribution in [0.4, 0.5) is 5.82 Å². The van der Waals surface area contributed by atoms with E-state index in [-0.39, 0.29) is 0 Å². The summed E-state index contributed by atoms with van der Waals surface area (Å²) in [6, 6.07) is 29.7. The van der Waals surface area contributed by atoms with Crippen molar-refractivity contribution in [2.75, 3.05) is 11.9 Å². The van der Waals surface area contributed by atoms with Gasteiger partial charge in [0.2, 0.25) is 0 Å². The number of imidazole rings is 1. The molecule has 4 nitrogen and oxygen atoms in total. The summed E-state index contributed by atoms with van der Waals surface area (Å²) < 4.78 is 2.17. The van der Waals surface area contributed by atoms with E-state index in [9.17, 15) is 5.26 Å². The normalized spacial score (nSPS) is 11.1. The van der Waals surface area contributed by atoms with Gasteiger partial charge in [0.25, 0.3) is 0 Å². The number of benzene rings is 3. The highest BCUT2D eigenvalue weighted by Gasteiger charge is 2.23. The fraction of sp³-hybridized carbons (Fsp3) is 0.172. The first-order chi connectivity index (χ1) is 16.1.